The second-order valence-corrected chi connectivity index (χ2v) is 4.71. The first-order valence-corrected chi connectivity index (χ1v) is 7.24. The van der Waals surface area contributed by atoms with Gasteiger partial charge >= 0.3 is 0 Å². The first-order chi connectivity index (χ1) is 12.1. The van der Waals surface area contributed by atoms with Crippen molar-refractivity contribution in [2.24, 2.45) is 0 Å². The summed E-state index contributed by atoms with van der Waals surface area (Å²) in [7, 11) is 0. The maximum atomic E-state index is 13.3. The van der Waals surface area contributed by atoms with Crippen molar-refractivity contribution in [3.8, 4) is 23.3 Å². The second-order valence-electron chi connectivity index (χ2n) is 4.71. The van der Waals surface area contributed by atoms with Crippen molar-refractivity contribution in [2.75, 3.05) is 19.8 Å². The van der Waals surface area contributed by atoms with E-state index in [0.717, 1.165) is 12.1 Å². The van der Waals surface area contributed by atoms with E-state index >= 15 is 0 Å². The number of hydrogen-bond donors (Lipinski definition) is 1. The van der Waals surface area contributed by atoms with Gasteiger partial charge in [0, 0.05) is 6.07 Å². The highest BCUT2D eigenvalue weighted by Gasteiger charge is 2.05. The van der Waals surface area contributed by atoms with E-state index < -0.39 is 23.4 Å². The minimum atomic E-state index is -0.819. The Hall–Kier alpha value is -3.14. The van der Waals surface area contributed by atoms with Crippen molar-refractivity contribution in [1.29, 1.82) is 0 Å². The monoisotopic (exact) mass is 349 g/mol. The van der Waals surface area contributed by atoms with Gasteiger partial charge in [-0.05, 0) is 24.3 Å². The number of halogens is 3. The number of rotatable bonds is 6. The molecule has 0 heterocycles. The molecule has 25 heavy (non-hydrogen) atoms. The fourth-order valence-electron chi connectivity index (χ4n) is 1.72. The minimum Gasteiger partial charge on any atom is -0.481 e. The summed E-state index contributed by atoms with van der Waals surface area (Å²) in [6, 6.07) is 8.68. The fourth-order valence-corrected chi connectivity index (χ4v) is 1.72. The molecule has 130 valence electrons. The molecule has 0 saturated heterocycles. The highest BCUT2D eigenvalue weighted by atomic mass is 19.1. The van der Waals surface area contributed by atoms with Gasteiger partial charge in [-0.2, -0.15) is 0 Å². The molecule has 0 aliphatic carbocycles. The molecule has 0 aromatic heterocycles. The summed E-state index contributed by atoms with van der Waals surface area (Å²) in [5, 5.41) is 2.45. The fraction of sp³-hybridized carbons (Fsp3) is 0.167. The predicted octanol–water partition coefficient (Wildman–Crippen LogP) is 2.68. The van der Waals surface area contributed by atoms with Crippen LogP contribution in [0.15, 0.2) is 42.5 Å². The Morgan fingerprint density at radius 3 is 2.48 bits per heavy atom. The SMILES string of the molecule is O=C(COc1ccccc1F)NCC#CCOc1ccc(F)cc1F. The van der Waals surface area contributed by atoms with Crippen molar-refractivity contribution < 1.29 is 27.4 Å². The second kappa shape index (κ2) is 9.23. The molecule has 0 atom stereocenters. The lowest BCUT2D eigenvalue weighted by atomic mass is 10.3. The summed E-state index contributed by atoms with van der Waals surface area (Å²) in [6.07, 6.45) is 0. The maximum absolute atomic E-state index is 13.3. The van der Waals surface area contributed by atoms with Gasteiger partial charge in [-0.1, -0.05) is 24.0 Å². The third-order valence-corrected chi connectivity index (χ3v) is 2.89. The normalized spacial score (nSPS) is 9.72. The molecule has 1 N–H and O–H groups in total. The molecule has 0 spiro atoms. The Kier molecular flexibility index (Phi) is 6.72. The molecule has 0 aliphatic rings. The van der Waals surface area contributed by atoms with Crippen LogP contribution in [0.1, 0.15) is 0 Å². The van der Waals surface area contributed by atoms with Gasteiger partial charge in [0.2, 0.25) is 0 Å². The average molecular weight is 349 g/mol. The number of para-hydroxylation sites is 1. The lowest BCUT2D eigenvalue weighted by Gasteiger charge is -2.06. The van der Waals surface area contributed by atoms with Crippen LogP contribution in [-0.2, 0) is 4.79 Å². The molecule has 7 heteroatoms. The first-order valence-electron chi connectivity index (χ1n) is 7.24. The molecule has 0 bridgehead atoms. The lowest BCUT2D eigenvalue weighted by molar-refractivity contribution is -0.122. The van der Waals surface area contributed by atoms with Gasteiger partial charge in [-0.25, -0.2) is 13.2 Å². The smallest absolute Gasteiger partial charge is 0.258 e. The third kappa shape index (κ3) is 6.11. The topological polar surface area (TPSA) is 47.6 Å². The summed E-state index contributed by atoms with van der Waals surface area (Å²) < 4.78 is 49.3. The van der Waals surface area contributed by atoms with Crippen LogP contribution in [0, 0.1) is 29.3 Å². The number of carbonyl (C=O) groups is 1. The van der Waals surface area contributed by atoms with Crippen LogP contribution in [0.3, 0.4) is 0 Å². The highest BCUT2D eigenvalue weighted by Crippen LogP contribution is 2.17. The van der Waals surface area contributed by atoms with E-state index in [9.17, 15) is 18.0 Å². The zero-order valence-corrected chi connectivity index (χ0v) is 13.0. The molecule has 0 aliphatic heterocycles. The molecule has 2 rings (SSSR count). The van der Waals surface area contributed by atoms with Gasteiger partial charge in [-0.3, -0.25) is 4.79 Å². The van der Waals surface area contributed by atoms with Crippen LogP contribution in [0.2, 0.25) is 0 Å². The molecule has 0 radical (unpaired) electrons. The Morgan fingerprint density at radius 1 is 0.960 bits per heavy atom. The number of benzene rings is 2. The average Bonchev–Trinajstić information content (AvgIpc) is 2.59. The van der Waals surface area contributed by atoms with E-state index in [1.54, 1.807) is 6.07 Å². The Balaban J connectivity index is 1.66. The summed E-state index contributed by atoms with van der Waals surface area (Å²) >= 11 is 0. The zero-order valence-electron chi connectivity index (χ0n) is 13.0. The number of carbonyl (C=O) groups excluding carboxylic acids is 1. The number of ether oxygens (including phenoxy) is 2. The number of nitrogens with one attached hydrogen (secondary N) is 1. The summed E-state index contributed by atoms with van der Waals surface area (Å²) in [4.78, 5) is 11.5. The van der Waals surface area contributed by atoms with Gasteiger partial charge in [-0.15, -0.1) is 0 Å². The molecular weight excluding hydrogens is 335 g/mol. The van der Waals surface area contributed by atoms with Crippen molar-refractivity contribution in [3.05, 3.63) is 59.9 Å². The Bertz CT molecular complexity index is 800. The van der Waals surface area contributed by atoms with Crippen LogP contribution in [0.4, 0.5) is 13.2 Å². The maximum Gasteiger partial charge on any atom is 0.258 e. The number of amides is 1. The first kappa shape index (κ1) is 18.2. The van der Waals surface area contributed by atoms with E-state index in [-0.39, 0.29) is 31.3 Å². The van der Waals surface area contributed by atoms with E-state index in [4.69, 9.17) is 9.47 Å². The van der Waals surface area contributed by atoms with Gasteiger partial charge in [0.1, 0.15) is 12.4 Å². The minimum absolute atomic E-state index is 0.0153. The van der Waals surface area contributed by atoms with Crippen LogP contribution in [0.25, 0.3) is 0 Å². The molecule has 0 fully saturated rings. The summed E-state index contributed by atoms with van der Waals surface area (Å²) in [6.45, 7) is -0.446. The van der Waals surface area contributed by atoms with Crippen molar-refractivity contribution in [3.63, 3.8) is 0 Å². The summed E-state index contributed by atoms with van der Waals surface area (Å²) in [5.74, 6) is 2.49. The molecule has 4 nitrogen and oxygen atoms in total. The van der Waals surface area contributed by atoms with Crippen molar-refractivity contribution >= 4 is 5.91 Å². The Morgan fingerprint density at radius 2 is 1.72 bits per heavy atom. The van der Waals surface area contributed by atoms with Gasteiger partial charge < -0.3 is 14.8 Å². The Labute approximate surface area is 142 Å². The van der Waals surface area contributed by atoms with E-state index in [0.29, 0.717) is 6.07 Å². The quantitative estimate of drug-likeness (QED) is 0.816. The third-order valence-electron chi connectivity index (χ3n) is 2.89. The van der Waals surface area contributed by atoms with E-state index in [1.165, 1.54) is 18.2 Å². The van der Waals surface area contributed by atoms with Gasteiger partial charge in [0.05, 0.1) is 6.54 Å². The summed E-state index contributed by atoms with van der Waals surface area (Å²) in [5.41, 5.74) is 0. The van der Waals surface area contributed by atoms with E-state index in [1.807, 2.05) is 0 Å². The van der Waals surface area contributed by atoms with Crippen molar-refractivity contribution in [2.45, 2.75) is 0 Å². The molecule has 2 aromatic rings. The molecule has 2 aromatic carbocycles. The lowest BCUT2D eigenvalue weighted by Crippen LogP contribution is -2.29. The molecule has 0 unspecified atom stereocenters. The predicted molar refractivity (Wildman–Crippen MR) is 84.5 cm³/mol. The zero-order chi connectivity index (χ0) is 18.1. The highest BCUT2D eigenvalue weighted by molar-refractivity contribution is 5.77. The van der Waals surface area contributed by atoms with E-state index in [2.05, 4.69) is 17.2 Å². The van der Waals surface area contributed by atoms with Crippen LogP contribution in [-0.4, -0.2) is 25.7 Å². The largest absolute Gasteiger partial charge is 0.481 e. The number of hydrogen-bond acceptors (Lipinski definition) is 3. The molecular formula is C18H14F3NO3. The molecule has 0 saturated carbocycles. The molecule has 1 amide bonds. The van der Waals surface area contributed by atoms with Crippen LogP contribution >= 0.6 is 0 Å². The van der Waals surface area contributed by atoms with Crippen LogP contribution < -0.4 is 14.8 Å². The van der Waals surface area contributed by atoms with Crippen LogP contribution in [0.5, 0.6) is 11.5 Å². The van der Waals surface area contributed by atoms with Gasteiger partial charge in [0.25, 0.3) is 5.91 Å². The van der Waals surface area contributed by atoms with Gasteiger partial charge in [0.15, 0.2) is 29.7 Å². The van der Waals surface area contributed by atoms with Crippen molar-refractivity contribution in [1.82, 2.24) is 5.32 Å². The standard InChI is InChI=1S/C18H14F3NO3/c19-13-7-8-17(15(21)11-13)24-10-4-3-9-22-18(23)12-25-16-6-2-1-5-14(16)20/h1-2,5-8,11H,9-10,12H2,(H,22,23).